The van der Waals surface area contributed by atoms with Gasteiger partial charge in [-0.25, -0.2) is 29.5 Å². The number of phenolic OH excluding ortho intramolecular Hbond substituents is 2. The number of ether oxygens (including phenoxy) is 1. The second kappa shape index (κ2) is 28.2. The van der Waals surface area contributed by atoms with Crippen LogP contribution in [0.2, 0.25) is 0 Å². The molecule has 386 valence electrons. The Morgan fingerprint density at radius 3 is 1.40 bits per heavy atom. The number of thiophene rings is 2. The lowest BCUT2D eigenvalue weighted by atomic mass is 10.1. The van der Waals surface area contributed by atoms with Crippen molar-refractivity contribution in [1.29, 1.82) is 0 Å². The van der Waals surface area contributed by atoms with Crippen LogP contribution in [-0.2, 0) is 27.2 Å². The molecule has 0 aliphatic heterocycles. The van der Waals surface area contributed by atoms with Crippen LogP contribution >= 0.6 is 22.7 Å². The first kappa shape index (κ1) is 55.9. The van der Waals surface area contributed by atoms with Crippen molar-refractivity contribution in [2.45, 2.75) is 78.8 Å². The molecule has 4 amide bonds. The van der Waals surface area contributed by atoms with E-state index in [9.17, 15) is 44.1 Å². The third-order valence-corrected chi connectivity index (χ3v) is 12.5. The number of benzene rings is 2. The monoisotopic (exact) mass is 1040 g/mol. The summed E-state index contributed by atoms with van der Waals surface area (Å²) in [5.74, 6) is -2.57. The molecule has 6 rings (SSSR count). The van der Waals surface area contributed by atoms with E-state index >= 15 is 0 Å². The number of hydrogen-bond acceptors (Lipinski definition) is 17. The largest absolute Gasteiger partial charge is 0.508 e. The maximum absolute atomic E-state index is 13.2. The number of rotatable bonds is 24. The Hall–Kier alpha value is -7.98. The van der Waals surface area contributed by atoms with Gasteiger partial charge in [-0.05, 0) is 118 Å². The van der Waals surface area contributed by atoms with Gasteiger partial charge in [0.05, 0.1) is 50.3 Å². The van der Waals surface area contributed by atoms with Crippen molar-refractivity contribution < 1.29 is 48.8 Å². The van der Waals surface area contributed by atoms with Crippen LogP contribution in [0.15, 0.2) is 83.6 Å². The zero-order valence-corrected chi connectivity index (χ0v) is 42.7. The predicted octanol–water partition coefficient (Wildman–Crippen LogP) is 5.91. The fourth-order valence-electron chi connectivity index (χ4n) is 7.19. The van der Waals surface area contributed by atoms with Gasteiger partial charge in [0.1, 0.15) is 23.6 Å². The molecule has 0 aliphatic rings. The number of aromatic hydroxyl groups is 2. The highest BCUT2D eigenvalue weighted by molar-refractivity contribution is 7.12. The fourth-order valence-corrected chi connectivity index (χ4v) is 8.47. The molecule has 0 saturated carbocycles. The first-order valence-corrected chi connectivity index (χ1v) is 25.2. The SMILES string of the molecule is CCCOC(=O)[C@H](CNC(=O)c1cccs1)NC(=O)c1c(C)nc(NCCCc2cccc(O)c2)nc1C.Cc1nc(NCCCc2cccc(O)c2)nc(C)c1C(=O)N[C@@H](CNC(=O)c1cccs1)C(=O)O. The quantitative estimate of drug-likeness (QED) is 0.0252. The molecule has 73 heavy (non-hydrogen) atoms. The second-order valence-electron chi connectivity index (χ2n) is 16.5. The number of aromatic nitrogens is 4. The number of aryl methyl sites for hydroxylation is 6. The molecule has 4 heterocycles. The third kappa shape index (κ3) is 17.7. The summed E-state index contributed by atoms with van der Waals surface area (Å²) < 4.78 is 5.23. The lowest BCUT2D eigenvalue weighted by Gasteiger charge is -2.19. The molecule has 9 N–H and O–H groups in total. The predicted molar refractivity (Wildman–Crippen MR) is 278 cm³/mol. The summed E-state index contributed by atoms with van der Waals surface area (Å²) in [6.07, 6.45) is 3.75. The van der Waals surface area contributed by atoms with E-state index in [1.165, 1.54) is 22.7 Å². The maximum atomic E-state index is 13.2. The number of carboxylic acids is 1. The molecular formula is C51H60N10O10S2. The van der Waals surface area contributed by atoms with Gasteiger partial charge in [-0.15, -0.1) is 22.7 Å². The second-order valence-corrected chi connectivity index (χ2v) is 18.4. The summed E-state index contributed by atoms with van der Waals surface area (Å²) in [6.45, 7) is 9.57. The molecule has 2 aromatic carbocycles. The highest BCUT2D eigenvalue weighted by Crippen LogP contribution is 2.18. The highest BCUT2D eigenvalue weighted by atomic mass is 32.1. The Bertz CT molecular complexity index is 2780. The van der Waals surface area contributed by atoms with E-state index < -0.39 is 41.7 Å². The molecule has 6 aromatic rings. The van der Waals surface area contributed by atoms with E-state index in [4.69, 9.17) is 4.74 Å². The minimum Gasteiger partial charge on any atom is -0.508 e. The Kier molecular flexibility index (Phi) is 21.6. The van der Waals surface area contributed by atoms with Crippen molar-refractivity contribution in [2.75, 3.05) is 43.4 Å². The number of amides is 4. The lowest BCUT2D eigenvalue weighted by Crippen LogP contribution is -2.49. The summed E-state index contributed by atoms with van der Waals surface area (Å²) in [5, 5.41) is 48.8. The average molecular weight is 1040 g/mol. The van der Waals surface area contributed by atoms with Gasteiger partial charge in [-0.1, -0.05) is 43.3 Å². The number of carbonyl (C=O) groups is 6. The molecule has 0 radical (unpaired) electrons. The van der Waals surface area contributed by atoms with Gasteiger partial charge in [0, 0.05) is 26.2 Å². The van der Waals surface area contributed by atoms with E-state index in [2.05, 4.69) is 51.8 Å². The lowest BCUT2D eigenvalue weighted by molar-refractivity contribution is -0.145. The Balaban J connectivity index is 0.000000272. The van der Waals surface area contributed by atoms with Crippen LogP contribution in [0.3, 0.4) is 0 Å². The molecular weight excluding hydrogens is 977 g/mol. The molecule has 0 unspecified atom stereocenters. The number of nitrogens with one attached hydrogen (secondary N) is 6. The van der Waals surface area contributed by atoms with E-state index in [1.54, 1.807) is 93.1 Å². The zero-order chi connectivity index (χ0) is 52.9. The van der Waals surface area contributed by atoms with Crippen molar-refractivity contribution >= 4 is 70.1 Å². The number of nitrogens with zero attached hydrogens (tertiary/aromatic N) is 4. The number of aliphatic carboxylic acids is 1. The van der Waals surface area contributed by atoms with Crippen LogP contribution < -0.4 is 31.9 Å². The van der Waals surface area contributed by atoms with E-state index in [-0.39, 0.29) is 48.2 Å². The minimum atomic E-state index is -1.32. The number of hydrogen-bond donors (Lipinski definition) is 9. The summed E-state index contributed by atoms with van der Waals surface area (Å²) >= 11 is 2.51. The van der Waals surface area contributed by atoms with Gasteiger partial charge in [0.15, 0.2) is 0 Å². The number of carboxylic acid groups (broad SMARTS) is 1. The number of carbonyl (C=O) groups excluding carboxylic acids is 5. The van der Waals surface area contributed by atoms with Crippen LogP contribution in [0.1, 0.15) is 100 Å². The molecule has 4 aromatic heterocycles. The molecule has 22 heteroatoms. The van der Waals surface area contributed by atoms with E-state index in [0.717, 1.165) is 36.8 Å². The molecule has 0 spiro atoms. The summed E-state index contributed by atoms with van der Waals surface area (Å²) in [6, 6.07) is 18.6. The standard InChI is InChI=1S/C27H33N5O5S.C24H27N5O5S/c1-4-13-37-26(36)21(16-29-24(34)22-11-7-14-38-22)32-25(35)23-17(2)30-27(31-18(23)3)28-12-6-9-19-8-5-10-20(33)15-19;1-14-20(22(32)29-18(23(33)34)13-26-21(31)19-9-5-11-35-19)15(2)28-24(27-14)25-10-4-7-16-6-3-8-17(30)12-16/h5,7-8,10-11,14-15,21,33H,4,6,9,12-13,16H2,1-3H3,(H,29,34)(H,32,35)(H,28,30,31);3,5-6,8-9,11-12,18,30H,4,7,10,13H2,1-2H3,(H,26,31)(H,29,32)(H,33,34)(H,25,27,28)/t21-;18-/m00/s1. The normalized spacial score (nSPS) is 11.5. The number of esters is 1. The van der Waals surface area contributed by atoms with Crippen molar-refractivity contribution in [2.24, 2.45) is 0 Å². The van der Waals surface area contributed by atoms with Crippen molar-refractivity contribution in [3.05, 3.63) is 138 Å². The summed E-state index contributed by atoms with van der Waals surface area (Å²) in [5.41, 5.74) is 4.20. The van der Waals surface area contributed by atoms with Crippen LogP contribution in [-0.4, -0.2) is 116 Å². The highest BCUT2D eigenvalue weighted by Gasteiger charge is 2.27. The van der Waals surface area contributed by atoms with Crippen LogP contribution in [0.25, 0.3) is 0 Å². The average Bonchev–Trinajstić information content (AvgIpc) is 4.10. The summed E-state index contributed by atoms with van der Waals surface area (Å²) in [4.78, 5) is 93.1. The topological polar surface area (TPSA) is 296 Å². The fraction of sp³-hybridized carbons (Fsp3) is 0.333. The van der Waals surface area contributed by atoms with Crippen molar-refractivity contribution in [3.63, 3.8) is 0 Å². The van der Waals surface area contributed by atoms with Crippen LogP contribution in [0, 0.1) is 27.7 Å². The van der Waals surface area contributed by atoms with Crippen molar-refractivity contribution in [1.82, 2.24) is 41.2 Å². The zero-order valence-electron chi connectivity index (χ0n) is 41.1. The molecule has 0 saturated heterocycles. The number of anilines is 2. The van der Waals surface area contributed by atoms with Gasteiger partial charge < -0.3 is 52.0 Å². The van der Waals surface area contributed by atoms with Gasteiger partial charge in [0.25, 0.3) is 23.6 Å². The first-order valence-electron chi connectivity index (χ1n) is 23.4. The Labute approximate surface area is 430 Å². The van der Waals surface area contributed by atoms with Gasteiger partial charge in [-0.3, -0.25) is 19.2 Å². The molecule has 0 bridgehead atoms. The Morgan fingerprint density at radius 1 is 0.589 bits per heavy atom. The van der Waals surface area contributed by atoms with E-state index in [1.807, 2.05) is 25.1 Å². The van der Waals surface area contributed by atoms with Crippen LogP contribution in [0.4, 0.5) is 11.9 Å². The number of phenols is 2. The molecule has 2 atom stereocenters. The summed E-state index contributed by atoms with van der Waals surface area (Å²) in [7, 11) is 0. The Morgan fingerprint density at radius 2 is 1.01 bits per heavy atom. The molecule has 20 nitrogen and oxygen atoms in total. The van der Waals surface area contributed by atoms with Gasteiger partial charge in [0.2, 0.25) is 11.9 Å². The maximum Gasteiger partial charge on any atom is 0.330 e. The minimum absolute atomic E-state index is 0.122. The van der Waals surface area contributed by atoms with Gasteiger partial charge >= 0.3 is 11.9 Å². The first-order chi connectivity index (χ1) is 35.0. The third-order valence-electron chi connectivity index (χ3n) is 10.7. The van der Waals surface area contributed by atoms with Crippen molar-refractivity contribution in [3.8, 4) is 11.5 Å². The smallest absolute Gasteiger partial charge is 0.330 e. The molecule has 0 fully saturated rings. The van der Waals surface area contributed by atoms with Crippen LogP contribution in [0.5, 0.6) is 11.5 Å². The molecule has 0 aliphatic carbocycles. The van der Waals surface area contributed by atoms with E-state index in [0.29, 0.717) is 63.9 Å². The van der Waals surface area contributed by atoms with Gasteiger partial charge in [-0.2, -0.15) is 0 Å².